The Balaban J connectivity index is 1.45. The summed E-state index contributed by atoms with van der Waals surface area (Å²) in [6.45, 7) is 8.12. The molecule has 4 aliphatic heterocycles. The summed E-state index contributed by atoms with van der Waals surface area (Å²) in [5, 5.41) is 3.74. The van der Waals surface area contributed by atoms with Crippen molar-refractivity contribution >= 4 is 0 Å². The molecular weight excluding hydrogens is 210 g/mol. The van der Waals surface area contributed by atoms with Crippen molar-refractivity contribution in [1.29, 1.82) is 0 Å². The molecule has 0 aromatic heterocycles. The normalized spacial score (nSPS) is 50.5. The third kappa shape index (κ3) is 1.83. The minimum absolute atomic E-state index is 0.822. The molecule has 0 radical (unpaired) electrons. The second kappa shape index (κ2) is 4.22. The lowest BCUT2D eigenvalue weighted by atomic mass is 9.92. The number of fused-ring (bicyclic) bond motifs is 3. The summed E-state index contributed by atoms with van der Waals surface area (Å²) in [6, 6.07) is 1.74. The van der Waals surface area contributed by atoms with Crippen LogP contribution in [0.1, 0.15) is 25.7 Å². The van der Waals surface area contributed by atoms with E-state index in [1.165, 1.54) is 65.0 Å². The average Bonchev–Trinajstić information content (AvgIpc) is 2.94. The zero-order valence-corrected chi connectivity index (χ0v) is 10.8. The van der Waals surface area contributed by atoms with Gasteiger partial charge in [0.2, 0.25) is 0 Å². The zero-order valence-electron chi connectivity index (χ0n) is 10.8. The van der Waals surface area contributed by atoms with Crippen LogP contribution in [0.3, 0.4) is 0 Å². The molecule has 3 heteroatoms. The van der Waals surface area contributed by atoms with Crippen LogP contribution >= 0.6 is 0 Å². The summed E-state index contributed by atoms with van der Waals surface area (Å²) in [4.78, 5) is 5.52. The Morgan fingerprint density at radius 2 is 1.82 bits per heavy atom. The fourth-order valence-corrected chi connectivity index (χ4v) is 4.76. The average molecular weight is 235 g/mol. The van der Waals surface area contributed by atoms with E-state index in [1.807, 2.05) is 0 Å². The SMILES string of the molecule is C1CNC2CN(C3CCN4CCC3C4)CC2C1. The van der Waals surface area contributed by atoms with Gasteiger partial charge >= 0.3 is 0 Å². The van der Waals surface area contributed by atoms with Gasteiger partial charge in [0.15, 0.2) is 0 Å². The summed E-state index contributed by atoms with van der Waals surface area (Å²) < 4.78 is 0. The van der Waals surface area contributed by atoms with Gasteiger partial charge in [0.05, 0.1) is 0 Å². The molecule has 2 bridgehead atoms. The monoisotopic (exact) mass is 235 g/mol. The summed E-state index contributed by atoms with van der Waals surface area (Å²) in [6.07, 6.45) is 5.77. The van der Waals surface area contributed by atoms with Crippen LogP contribution in [-0.2, 0) is 0 Å². The van der Waals surface area contributed by atoms with Gasteiger partial charge in [0, 0.05) is 31.7 Å². The molecule has 0 amide bonds. The lowest BCUT2D eigenvalue weighted by Crippen LogP contribution is -2.46. The molecule has 0 aliphatic carbocycles. The fraction of sp³-hybridized carbons (Fsp3) is 1.00. The van der Waals surface area contributed by atoms with Gasteiger partial charge in [0.1, 0.15) is 0 Å². The van der Waals surface area contributed by atoms with Crippen LogP contribution in [0.15, 0.2) is 0 Å². The minimum atomic E-state index is 0.822. The van der Waals surface area contributed by atoms with Gasteiger partial charge in [0.25, 0.3) is 0 Å². The molecule has 4 saturated heterocycles. The van der Waals surface area contributed by atoms with E-state index in [2.05, 4.69) is 15.1 Å². The standard InChI is InChI=1S/C14H25N3/c1-2-11-9-17(10-13(11)15-5-1)14-4-7-16-6-3-12(14)8-16/h11-15H,1-10H2. The maximum absolute atomic E-state index is 3.74. The smallest absolute Gasteiger partial charge is 0.0235 e. The van der Waals surface area contributed by atoms with Gasteiger partial charge in [-0.05, 0) is 57.2 Å². The number of piperidine rings is 2. The third-order valence-corrected chi connectivity index (χ3v) is 5.69. The molecule has 0 aromatic rings. The first-order chi connectivity index (χ1) is 8.40. The maximum Gasteiger partial charge on any atom is 0.0235 e. The summed E-state index contributed by atoms with van der Waals surface area (Å²) in [7, 11) is 0. The highest BCUT2D eigenvalue weighted by molar-refractivity contribution is 4.99. The first kappa shape index (κ1) is 10.8. The van der Waals surface area contributed by atoms with Crippen LogP contribution in [0, 0.1) is 11.8 Å². The van der Waals surface area contributed by atoms with Crippen molar-refractivity contribution in [2.45, 2.75) is 37.8 Å². The van der Waals surface area contributed by atoms with Crippen molar-refractivity contribution in [3.05, 3.63) is 0 Å². The van der Waals surface area contributed by atoms with Crippen LogP contribution in [0.2, 0.25) is 0 Å². The highest BCUT2D eigenvalue weighted by Gasteiger charge is 2.42. The van der Waals surface area contributed by atoms with Gasteiger partial charge < -0.3 is 10.2 Å². The zero-order chi connectivity index (χ0) is 11.2. The number of rotatable bonds is 1. The van der Waals surface area contributed by atoms with Crippen LogP contribution in [0.25, 0.3) is 0 Å². The molecule has 5 atom stereocenters. The molecule has 4 rings (SSSR count). The molecule has 3 nitrogen and oxygen atoms in total. The molecule has 4 aliphatic rings. The number of likely N-dealkylation sites (tertiary alicyclic amines) is 1. The molecular formula is C14H25N3. The number of nitrogens with one attached hydrogen (secondary N) is 1. The molecule has 1 N–H and O–H groups in total. The fourth-order valence-electron chi connectivity index (χ4n) is 4.76. The predicted molar refractivity (Wildman–Crippen MR) is 69.0 cm³/mol. The minimum Gasteiger partial charge on any atom is -0.312 e. The van der Waals surface area contributed by atoms with Crippen molar-refractivity contribution in [2.24, 2.45) is 11.8 Å². The Kier molecular flexibility index (Phi) is 2.67. The topological polar surface area (TPSA) is 18.5 Å². The second-order valence-electron chi connectivity index (χ2n) is 6.62. The number of hydrogen-bond acceptors (Lipinski definition) is 3. The molecule has 4 heterocycles. The van der Waals surface area contributed by atoms with Crippen LogP contribution < -0.4 is 5.32 Å². The van der Waals surface area contributed by atoms with E-state index >= 15 is 0 Å². The number of hydrogen-bond donors (Lipinski definition) is 1. The Bertz CT molecular complexity index is 279. The van der Waals surface area contributed by atoms with E-state index in [9.17, 15) is 0 Å². The van der Waals surface area contributed by atoms with Gasteiger partial charge in [-0.1, -0.05) is 0 Å². The third-order valence-electron chi connectivity index (χ3n) is 5.69. The van der Waals surface area contributed by atoms with E-state index in [0.717, 1.165) is 23.9 Å². The Morgan fingerprint density at radius 1 is 0.882 bits per heavy atom. The lowest BCUT2D eigenvalue weighted by molar-refractivity contribution is 0.117. The van der Waals surface area contributed by atoms with Gasteiger partial charge in [-0.3, -0.25) is 4.90 Å². The van der Waals surface area contributed by atoms with Crippen LogP contribution in [-0.4, -0.2) is 61.2 Å². The molecule has 5 unspecified atom stereocenters. The summed E-state index contributed by atoms with van der Waals surface area (Å²) in [5.41, 5.74) is 0. The van der Waals surface area contributed by atoms with Crippen molar-refractivity contribution in [3.63, 3.8) is 0 Å². The van der Waals surface area contributed by atoms with E-state index in [-0.39, 0.29) is 0 Å². The molecule has 17 heavy (non-hydrogen) atoms. The van der Waals surface area contributed by atoms with Gasteiger partial charge in [-0.2, -0.15) is 0 Å². The van der Waals surface area contributed by atoms with E-state index < -0.39 is 0 Å². The number of nitrogens with zero attached hydrogens (tertiary/aromatic N) is 2. The van der Waals surface area contributed by atoms with Crippen LogP contribution in [0.4, 0.5) is 0 Å². The van der Waals surface area contributed by atoms with Crippen molar-refractivity contribution in [1.82, 2.24) is 15.1 Å². The maximum atomic E-state index is 3.74. The van der Waals surface area contributed by atoms with E-state index in [1.54, 1.807) is 0 Å². The highest BCUT2D eigenvalue weighted by Crippen LogP contribution is 2.35. The molecule has 0 spiro atoms. The van der Waals surface area contributed by atoms with Crippen molar-refractivity contribution < 1.29 is 0 Å². The highest BCUT2D eigenvalue weighted by atomic mass is 15.3. The Hall–Kier alpha value is -0.120. The van der Waals surface area contributed by atoms with Crippen LogP contribution in [0.5, 0.6) is 0 Å². The second-order valence-corrected chi connectivity index (χ2v) is 6.62. The largest absolute Gasteiger partial charge is 0.312 e. The lowest BCUT2D eigenvalue weighted by Gasteiger charge is -2.37. The Morgan fingerprint density at radius 3 is 2.76 bits per heavy atom. The van der Waals surface area contributed by atoms with E-state index in [0.29, 0.717) is 0 Å². The van der Waals surface area contributed by atoms with Gasteiger partial charge in [-0.25, -0.2) is 0 Å². The Labute approximate surface area is 105 Å². The van der Waals surface area contributed by atoms with E-state index in [4.69, 9.17) is 0 Å². The molecule has 0 saturated carbocycles. The summed E-state index contributed by atoms with van der Waals surface area (Å²) >= 11 is 0. The first-order valence-corrected chi connectivity index (χ1v) is 7.60. The molecule has 0 aromatic carbocycles. The predicted octanol–water partition coefficient (Wildman–Crippen LogP) is 0.764. The van der Waals surface area contributed by atoms with Gasteiger partial charge in [-0.15, -0.1) is 0 Å². The molecule has 96 valence electrons. The molecule has 4 fully saturated rings. The van der Waals surface area contributed by atoms with Crippen molar-refractivity contribution in [2.75, 3.05) is 39.3 Å². The van der Waals surface area contributed by atoms with Crippen molar-refractivity contribution in [3.8, 4) is 0 Å². The summed E-state index contributed by atoms with van der Waals surface area (Å²) in [5.74, 6) is 1.95. The quantitative estimate of drug-likeness (QED) is 0.724. The first-order valence-electron chi connectivity index (χ1n) is 7.60.